The van der Waals surface area contributed by atoms with Gasteiger partial charge in [0.05, 0.1) is 16.8 Å². The summed E-state index contributed by atoms with van der Waals surface area (Å²) in [6.45, 7) is 4.01. The van der Waals surface area contributed by atoms with E-state index in [0.29, 0.717) is 12.1 Å². The normalized spacial score (nSPS) is 30.5. The minimum absolute atomic E-state index is 0. The van der Waals surface area contributed by atoms with Gasteiger partial charge in [-0.15, -0.1) is 11.6 Å². The first-order valence-corrected chi connectivity index (χ1v) is 5.27. The summed E-state index contributed by atoms with van der Waals surface area (Å²) in [7, 11) is 0. The molecule has 1 aliphatic rings. The molecule has 1 rings (SSSR count). The number of hydrogen-bond donors (Lipinski definition) is 1. The fourth-order valence-electron chi connectivity index (χ4n) is 1.86. The Bertz CT molecular complexity index is 318. The fraction of sp³-hybridized carbons (Fsp3) is 0.700. The maximum absolute atomic E-state index is 8.70. The molecule has 17 heavy (non-hydrogen) atoms. The maximum atomic E-state index is 8.70. The van der Waals surface area contributed by atoms with Crippen LogP contribution in [0.15, 0.2) is 12.2 Å². The Labute approximate surface area is 133 Å². The van der Waals surface area contributed by atoms with Gasteiger partial charge in [0.25, 0.3) is 5.71 Å². The van der Waals surface area contributed by atoms with Gasteiger partial charge in [-0.1, -0.05) is 19.9 Å². The zero-order valence-electron chi connectivity index (χ0n) is 10.1. The van der Waals surface area contributed by atoms with Crippen molar-refractivity contribution in [3.8, 4) is 0 Å². The molecular formula is C10H16Cl3N3Zn. The van der Waals surface area contributed by atoms with E-state index >= 15 is 0 Å². The first kappa shape index (κ1) is 22.7. The molecule has 0 bridgehead atoms. The van der Waals surface area contributed by atoms with Crippen molar-refractivity contribution >= 4 is 17.3 Å². The number of hydrogen-bond acceptors (Lipinski definition) is 1. The van der Waals surface area contributed by atoms with Crippen LogP contribution in [0.2, 0.25) is 0 Å². The number of halogens is 3. The third-order valence-corrected chi connectivity index (χ3v) is 3.90. The first-order chi connectivity index (χ1) is 6.51. The topological polar surface area (TPSA) is 62.4 Å². The van der Waals surface area contributed by atoms with E-state index in [1.54, 1.807) is 6.08 Å². The summed E-state index contributed by atoms with van der Waals surface area (Å²) < 4.78 is 0. The Balaban J connectivity index is -0.000000653. The molecule has 94 valence electrons. The summed E-state index contributed by atoms with van der Waals surface area (Å²) in [6.07, 6.45) is 5.64. The minimum atomic E-state index is -0.530. The quantitative estimate of drug-likeness (QED) is 0.236. The predicted molar refractivity (Wildman–Crippen MR) is 58.5 cm³/mol. The van der Waals surface area contributed by atoms with Gasteiger partial charge < -0.3 is 36.1 Å². The van der Waals surface area contributed by atoms with Crippen LogP contribution in [-0.2, 0) is 19.5 Å². The Morgan fingerprint density at radius 1 is 1.41 bits per heavy atom. The molecule has 2 N–H and O–H groups in total. The largest absolute Gasteiger partial charge is 2.00 e. The van der Waals surface area contributed by atoms with E-state index in [9.17, 15) is 0 Å². The Morgan fingerprint density at radius 3 is 2.29 bits per heavy atom. The van der Waals surface area contributed by atoms with Crippen LogP contribution in [0.1, 0.15) is 33.1 Å². The summed E-state index contributed by atoms with van der Waals surface area (Å²) >= 11 is 6.47. The molecular weight excluding hydrogens is 334 g/mol. The van der Waals surface area contributed by atoms with Gasteiger partial charge in [0.15, 0.2) is 0 Å². The molecule has 0 fully saturated rings. The third kappa shape index (κ3) is 4.31. The van der Waals surface area contributed by atoms with Crippen molar-refractivity contribution in [1.82, 2.24) is 0 Å². The molecule has 0 amide bonds. The van der Waals surface area contributed by atoms with Crippen molar-refractivity contribution in [3.63, 3.8) is 0 Å². The van der Waals surface area contributed by atoms with Crippen molar-refractivity contribution in [2.24, 2.45) is 5.73 Å². The van der Waals surface area contributed by atoms with Crippen LogP contribution in [0.4, 0.5) is 0 Å². The van der Waals surface area contributed by atoms with Gasteiger partial charge in [-0.2, -0.15) is 4.79 Å². The molecule has 1 aliphatic carbocycles. The summed E-state index contributed by atoms with van der Waals surface area (Å²) in [5, 5.41) is 0. The van der Waals surface area contributed by atoms with Gasteiger partial charge in [-0.25, -0.2) is 0 Å². The van der Waals surface area contributed by atoms with Crippen molar-refractivity contribution in [2.45, 2.75) is 43.5 Å². The van der Waals surface area contributed by atoms with Gasteiger partial charge in [0.2, 0.25) is 0 Å². The summed E-state index contributed by atoms with van der Waals surface area (Å²) in [4.78, 5) is 2.65. The Hall–Kier alpha value is 0.573. The van der Waals surface area contributed by atoms with E-state index in [4.69, 9.17) is 22.9 Å². The van der Waals surface area contributed by atoms with E-state index in [0.717, 1.165) is 12.8 Å². The van der Waals surface area contributed by atoms with Gasteiger partial charge in [0, 0.05) is 6.08 Å². The van der Waals surface area contributed by atoms with E-state index < -0.39 is 10.4 Å². The van der Waals surface area contributed by atoms with Crippen LogP contribution in [0.25, 0.3) is 5.53 Å². The van der Waals surface area contributed by atoms with Gasteiger partial charge in [-0.05, 0) is 12.8 Å². The molecule has 7 heteroatoms. The first-order valence-electron chi connectivity index (χ1n) is 4.89. The van der Waals surface area contributed by atoms with E-state index in [-0.39, 0.29) is 44.3 Å². The van der Waals surface area contributed by atoms with Crippen LogP contribution >= 0.6 is 11.6 Å². The van der Waals surface area contributed by atoms with Crippen molar-refractivity contribution < 1.29 is 49.1 Å². The number of nitrogens with zero attached hydrogens (tertiary/aromatic N) is 2. The predicted octanol–water partition coefficient (Wildman–Crippen LogP) is -3.88. The van der Waals surface area contributed by atoms with Crippen molar-refractivity contribution in [2.75, 3.05) is 0 Å². The fourth-order valence-corrected chi connectivity index (χ4v) is 2.20. The molecule has 2 atom stereocenters. The molecule has 0 aromatic carbocycles. The zero-order valence-corrected chi connectivity index (χ0v) is 15.3. The average molecular weight is 350 g/mol. The summed E-state index contributed by atoms with van der Waals surface area (Å²) in [6, 6.07) is 0. The smallest absolute Gasteiger partial charge is 1.00 e. The molecule has 3 nitrogen and oxygen atoms in total. The van der Waals surface area contributed by atoms with Crippen LogP contribution in [0.3, 0.4) is 0 Å². The standard InChI is InChI=1S/C10H16ClN3.2ClH.Zn/c1-3-9(11)7-8(14-13)5-6-10(9,12)4-2;;;/h5-6H,3-4,7,12H2,1-2H3;2*1H;/q;;;+2/p-2. The number of allylic oxidation sites excluding steroid dienone is 1. The van der Waals surface area contributed by atoms with E-state index in [1.807, 2.05) is 19.9 Å². The number of nitrogens with two attached hydrogens (primary N) is 1. The summed E-state index contributed by atoms with van der Waals surface area (Å²) in [5.41, 5.74) is 15.0. The molecule has 0 spiro atoms. The van der Waals surface area contributed by atoms with Crippen molar-refractivity contribution in [1.29, 1.82) is 0 Å². The second kappa shape index (κ2) is 8.64. The summed E-state index contributed by atoms with van der Waals surface area (Å²) in [5.74, 6) is 0. The van der Waals surface area contributed by atoms with Crippen LogP contribution < -0.4 is 30.5 Å². The molecule has 0 saturated carbocycles. The van der Waals surface area contributed by atoms with E-state index in [1.165, 1.54) is 0 Å². The second-order valence-electron chi connectivity index (χ2n) is 3.81. The Kier molecular flexibility index (Phi) is 11.5. The van der Waals surface area contributed by atoms with Crippen LogP contribution in [0, 0.1) is 0 Å². The number of alkyl halides is 1. The molecule has 0 aromatic heterocycles. The zero-order chi connectivity index (χ0) is 10.8. The second-order valence-corrected chi connectivity index (χ2v) is 4.54. The van der Waals surface area contributed by atoms with Crippen LogP contribution in [-0.4, -0.2) is 20.9 Å². The molecule has 0 radical (unpaired) electrons. The van der Waals surface area contributed by atoms with E-state index in [2.05, 4.69) is 4.79 Å². The van der Waals surface area contributed by atoms with Gasteiger partial charge in [-0.3, -0.25) is 0 Å². The van der Waals surface area contributed by atoms with Crippen molar-refractivity contribution in [3.05, 3.63) is 17.7 Å². The maximum Gasteiger partial charge on any atom is 2.00 e. The molecule has 0 aliphatic heterocycles. The third-order valence-electron chi connectivity index (χ3n) is 3.14. The monoisotopic (exact) mass is 347 g/mol. The molecule has 0 saturated heterocycles. The number of rotatable bonds is 2. The minimum Gasteiger partial charge on any atom is -1.00 e. The molecule has 0 heterocycles. The van der Waals surface area contributed by atoms with Crippen LogP contribution in [0.5, 0.6) is 0 Å². The molecule has 2 unspecified atom stereocenters. The van der Waals surface area contributed by atoms with Gasteiger partial charge in [0.1, 0.15) is 0 Å². The molecule has 0 aromatic rings. The SMILES string of the molecule is CCC1(N)C=CC(=[N+]=[N-])CC1(Cl)CC.[Cl-].[Cl-].[Zn+2]. The average Bonchev–Trinajstić information content (AvgIpc) is 2.22. The Morgan fingerprint density at radius 2 is 1.94 bits per heavy atom. The van der Waals surface area contributed by atoms with Gasteiger partial charge >= 0.3 is 19.5 Å².